The molecule has 0 aliphatic heterocycles. The highest BCUT2D eigenvalue weighted by Crippen LogP contribution is 2.21. The van der Waals surface area contributed by atoms with Gasteiger partial charge in [0.2, 0.25) is 5.91 Å². The lowest BCUT2D eigenvalue weighted by Gasteiger charge is -2.10. The van der Waals surface area contributed by atoms with Crippen LogP contribution in [0.15, 0.2) is 24.3 Å². The zero-order valence-corrected chi connectivity index (χ0v) is 7.99. The summed E-state index contributed by atoms with van der Waals surface area (Å²) in [5.41, 5.74) is 11.2. The van der Waals surface area contributed by atoms with Crippen molar-refractivity contribution in [3.8, 4) is 0 Å². The summed E-state index contributed by atoms with van der Waals surface area (Å²) in [6.07, 6.45) is -2.49. The van der Waals surface area contributed by atoms with Gasteiger partial charge < -0.3 is 11.5 Å². The van der Waals surface area contributed by atoms with E-state index in [1.54, 1.807) is 0 Å². The molecule has 0 fully saturated rings. The van der Waals surface area contributed by atoms with Crippen molar-refractivity contribution in [2.45, 2.75) is 18.9 Å². The van der Waals surface area contributed by atoms with Gasteiger partial charge in [-0.15, -0.1) is 0 Å². The second-order valence-electron chi connectivity index (χ2n) is 3.24. The summed E-state index contributed by atoms with van der Waals surface area (Å²) >= 11 is 0. The predicted octanol–water partition coefficient (Wildman–Crippen LogP) is 1.50. The van der Waals surface area contributed by atoms with Crippen LogP contribution in [-0.4, -0.2) is 5.91 Å². The van der Waals surface area contributed by atoms with E-state index < -0.39 is 18.4 Å². The molecule has 0 spiro atoms. The molecule has 0 aliphatic rings. The topological polar surface area (TPSA) is 69.1 Å². The van der Waals surface area contributed by atoms with E-state index in [4.69, 9.17) is 11.5 Å². The van der Waals surface area contributed by atoms with Crippen LogP contribution < -0.4 is 11.5 Å². The van der Waals surface area contributed by atoms with Crippen LogP contribution in [0, 0.1) is 0 Å². The third-order valence-corrected chi connectivity index (χ3v) is 2.04. The Bertz CT molecular complexity index is 338. The zero-order valence-electron chi connectivity index (χ0n) is 7.99. The molecular formula is C10H12F2N2O. The minimum atomic E-state index is -2.49. The Hall–Kier alpha value is -1.49. The standard InChI is InChI=1S/C10H12F2N2O/c11-10(12)7-3-1-6(2-4-7)8(13)5-9(14)15/h1-4,8,10H,5,13H2,(H2,14,15). The second-order valence-corrected chi connectivity index (χ2v) is 3.24. The highest BCUT2D eigenvalue weighted by atomic mass is 19.3. The molecule has 3 nitrogen and oxygen atoms in total. The van der Waals surface area contributed by atoms with E-state index >= 15 is 0 Å². The van der Waals surface area contributed by atoms with Gasteiger partial charge in [0.1, 0.15) is 0 Å². The fourth-order valence-corrected chi connectivity index (χ4v) is 1.22. The Morgan fingerprint density at radius 2 is 1.67 bits per heavy atom. The van der Waals surface area contributed by atoms with Crippen molar-refractivity contribution in [1.29, 1.82) is 0 Å². The Morgan fingerprint density at radius 1 is 1.20 bits per heavy atom. The van der Waals surface area contributed by atoms with Crippen LogP contribution in [0.25, 0.3) is 0 Å². The first kappa shape index (κ1) is 11.6. The molecule has 1 rings (SSSR count). The molecule has 15 heavy (non-hydrogen) atoms. The largest absolute Gasteiger partial charge is 0.370 e. The van der Waals surface area contributed by atoms with Crippen LogP contribution in [0.5, 0.6) is 0 Å². The number of halogens is 2. The Kier molecular flexibility index (Phi) is 3.74. The summed E-state index contributed by atoms with van der Waals surface area (Å²) < 4.78 is 24.4. The van der Waals surface area contributed by atoms with Crippen molar-refractivity contribution in [3.63, 3.8) is 0 Å². The number of hydrogen-bond donors (Lipinski definition) is 2. The molecule has 0 heterocycles. The van der Waals surface area contributed by atoms with E-state index in [0.717, 1.165) is 0 Å². The maximum absolute atomic E-state index is 12.2. The van der Waals surface area contributed by atoms with Crippen LogP contribution in [0.3, 0.4) is 0 Å². The average molecular weight is 214 g/mol. The van der Waals surface area contributed by atoms with Crippen molar-refractivity contribution < 1.29 is 13.6 Å². The molecule has 1 amide bonds. The lowest BCUT2D eigenvalue weighted by atomic mass is 10.0. The summed E-state index contributed by atoms with van der Waals surface area (Å²) in [6.45, 7) is 0. The smallest absolute Gasteiger partial charge is 0.263 e. The lowest BCUT2D eigenvalue weighted by Crippen LogP contribution is -2.20. The van der Waals surface area contributed by atoms with E-state index in [9.17, 15) is 13.6 Å². The summed E-state index contributed by atoms with van der Waals surface area (Å²) in [4.78, 5) is 10.6. The normalized spacial score (nSPS) is 12.8. The van der Waals surface area contributed by atoms with Crippen LogP contribution in [-0.2, 0) is 4.79 Å². The number of nitrogens with two attached hydrogens (primary N) is 2. The van der Waals surface area contributed by atoms with Crippen LogP contribution >= 0.6 is 0 Å². The Labute approximate surface area is 86.1 Å². The van der Waals surface area contributed by atoms with Gasteiger partial charge in [0, 0.05) is 18.0 Å². The molecular weight excluding hydrogens is 202 g/mol. The maximum Gasteiger partial charge on any atom is 0.263 e. The molecule has 1 aromatic carbocycles. The molecule has 82 valence electrons. The first-order chi connectivity index (χ1) is 7.00. The van der Waals surface area contributed by atoms with Gasteiger partial charge in [0.05, 0.1) is 0 Å². The SMILES string of the molecule is NC(=O)CC(N)c1ccc(C(F)F)cc1. The number of benzene rings is 1. The summed E-state index contributed by atoms with van der Waals surface area (Å²) in [5, 5.41) is 0. The van der Waals surface area contributed by atoms with Crippen molar-refractivity contribution in [2.75, 3.05) is 0 Å². The van der Waals surface area contributed by atoms with Crippen molar-refractivity contribution >= 4 is 5.91 Å². The van der Waals surface area contributed by atoms with Crippen molar-refractivity contribution in [3.05, 3.63) is 35.4 Å². The average Bonchev–Trinajstić information content (AvgIpc) is 2.17. The number of alkyl halides is 2. The Morgan fingerprint density at radius 3 is 2.07 bits per heavy atom. The molecule has 0 aliphatic carbocycles. The number of rotatable bonds is 4. The number of hydrogen-bond acceptors (Lipinski definition) is 2. The number of primary amides is 1. The number of carbonyl (C=O) groups excluding carboxylic acids is 1. The van der Waals surface area contributed by atoms with E-state index in [1.165, 1.54) is 24.3 Å². The highest BCUT2D eigenvalue weighted by molar-refractivity contribution is 5.74. The summed E-state index contributed by atoms with van der Waals surface area (Å²) in [5.74, 6) is -0.513. The molecule has 1 unspecified atom stereocenters. The zero-order chi connectivity index (χ0) is 11.4. The van der Waals surface area contributed by atoms with Crippen LogP contribution in [0.2, 0.25) is 0 Å². The van der Waals surface area contributed by atoms with E-state index in [-0.39, 0.29) is 12.0 Å². The summed E-state index contributed by atoms with van der Waals surface area (Å²) in [7, 11) is 0. The molecule has 0 radical (unpaired) electrons. The molecule has 0 saturated carbocycles. The molecule has 1 atom stereocenters. The third-order valence-electron chi connectivity index (χ3n) is 2.04. The van der Waals surface area contributed by atoms with E-state index in [0.29, 0.717) is 5.56 Å². The third kappa shape index (κ3) is 3.28. The minimum absolute atomic E-state index is 0.00796. The van der Waals surface area contributed by atoms with Crippen molar-refractivity contribution in [2.24, 2.45) is 11.5 Å². The molecule has 4 N–H and O–H groups in total. The monoisotopic (exact) mass is 214 g/mol. The fraction of sp³-hybridized carbons (Fsp3) is 0.300. The van der Waals surface area contributed by atoms with E-state index in [1.807, 2.05) is 0 Å². The summed E-state index contributed by atoms with van der Waals surface area (Å²) in [6, 6.07) is 5.01. The molecule has 5 heteroatoms. The van der Waals surface area contributed by atoms with Crippen molar-refractivity contribution in [1.82, 2.24) is 0 Å². The minimum Gasteiger partial charge on any atom is -0.370 e. The first-order valence-corrected chi connectivity index (χ1v) is 4.42. The molecule has 0 bridgehead atoms. The molecule has 1 aromatic rings. The van der Waals surface area contributed by atoms with Crippen LogP contribution in [0.4, 0.5) is 8.78 Å². The van der Waals surface area contributed by atoms with Gasteiger partial charge in [-0.05, 0) is 5.56 Å². The van der Waals surface area contributed by atoms with Gasteiger partial charge in [-0.25, -0.2) is 8.78 Å². The van der Waals surface area contributed by atoms with Gasteiger partial charge in [0.15, 0.2) is 0 Å². The number of amides is 1. The van der Waals surface area contributed by atoms with Gasteiger partial charge in [-0.2, -0.15) is 0 Å². The fourth-order valence-electron chi connectivity index (χ4n) is 1.22. The lowest BCUT2D eigenvalue weighted by molar-refractivity contribution is -0.118. The molecule has 0 saturated heterocycles. The maximum atomic E-state index is 12.2. The highest BCUT2D eigenvalue weighted by Gasteiger charge is 2.11. The van der Waals surface area contributed by atoms with Crippen LogP contribution in [0.1, 0.15) is 30.0 Å². The number of carbonyl (C=O) groups is 1. The van der Waals surface area contributed by atoms with Gasteiger partial charge in [0.25, 0.3) is 6.43 Å². The predicted molar refractivity (Wildman–Crippen MR) is 52.1 cm³/mol. The van der Waals surface area contributed by atoms with Gasteiger partial charge in [-0.3, -0.25) is 4.79 Å². The quantitative estimate of drug-likeness (QED) is 0.797. The molecule has 0 aromatic heterocycles. The first-order valence-electron chi connectivity index (χ1n) is 4.42. The van der Waals surface area contributed by atoms with Gasteiger partial charge >= 0.3 is 0 Å². The second kappa shape index (κ2) is 4.84. The van der Waals surface area contributed by atoms with E-state index in [2.05, 4.69) is 0 Å². The Balaban J connectivity index is 2.75. The van der Waals surface area contributed by atoms with Gasteiger partial charge in [-0.1, -0.05) is 24.3 Å².